The molecule has 0 aliphatic heterocycles. The van der Waals surface area contributed by atoms with E-state index in [4.69, 9.17) is 0 Å². The summed E-state index contributed by atoms with van der Waals surface area (Å²) in [7, 11) is 2.07. The minimum Gasteiger partial charge on any atom is -0.506 e. The van der Waals surface area contributed by atoms with Gasteiger partial charge < -0.3 is 10.0 Å². The van der Waals surface area contributed by atoms with Crippen LogP contribution in [0.1, 0.15) is 31.7 Å². The summed E-state index contributed by atoms with van der Waals surface area (Å²) >= 11 is 0. The molecule has 1 heterocycles. The fourth-order valence-corrected chi connectivity index (χ4v) is 1.70. The molecule has 0 radical (unpaired) electrons. The van der Waals surface area contributed by atoms with E-state index in [9.17, 15) is 5.11 Å². The average molecular weight is 222 g/mol. The zero-order valence-corrected chi connectivity index (χ0v) is 10.7. The SMILES string of the molecule is CCC(C)CN(C)Cc1nc(C)ccc1O. The topological polar surface area (TPSA) is 36.4 Å². The minimum atomic E-state index is 0.293. The van der Waals surface area contributed by atoms with Crippen LogP contribution in [-0.2, 0) is 6.54 Å². The van der Waals surface area contributed by atoms with E-state index >= 15 is 0 Å². The monoisotopic (exact) mass is 222 g/mol. The molecule has 0 aromatic carbocycles. The second-order valence-corrected chi connectivity index (χ2v) is 4.63. The number of pyridine rings is 1. The number of aryl methyl sites for hydroxylation is 1. The lowest BCUT2D eigenvalue weighted by Crippen LogP contribution is -2.24. The summed E-state index contributed by atoms with van der Waals surface area (Å²) in [6.07, 6.45) is 1.18. The third-order valence-electron chi connectivity index (χ3n) is 2.83. The summed E-state index contributed by atoms with van der Waals surface area (Å²) < 4.78 is 0. The molecule has 1 aromatic heterocycles. The molecule has 0 saturated carbocycles. The van der Waals surface area contributed by atoms with Crippen LogP contribution in [-0.4, -0.2) is 28.6 Å². The summed E-state index contributed by atoms with van der Waals surface area (Å²) in [4.78, 5) is 6.56. The Morgan fingerprint density at radius 3 is 2.75 bits per heavy atom. The summed E-state index contributed by atoms with van der Waals surface area (Å²) in [6, 6.07) is 3.54. The average Bonchev–Trinajstić information content (AvgIpc) is 2.23. The van der Waals surface area contributed by atoms with Gasteiger partial charge >= 0.3 is 0 Å². The van der Waals surface area contributed by atoms with Crippen molar-refractivity contribution in [2.24, 2.45) is 5.92 Å². The van der Waals surface area contributed by atoms with E-state index in [0.29, 0.717) is 18.2 Å². The first-order chi connectivity index (χ1) is 7.52. The first-order valence-electron chi connectivity index (χ1n) is 5.87. The molecule has 90 valence electrons. The van der Waals surface area contributed by atoms with Gasteiger partial charge in [0.2, 0.25) is 0 Å². The van der Waals surface area contributed by atoms with Crippen LogP contribution in [0.5, 0.6) is 5.75 Å². The van der Waals surface area contributed by atoms with Gasteiger partial charge in [0, 0.05) is 18.8 Å². The van der Waals surface area contributed by atoms with Crippen molar-refractivity contribution in [3.8, 4) is 5.75 Å². The molecular weight excluding hydrogens is 200 g/mol. The Bertz CT molecular complexity index is 339. The van der Waals surface area contributed by atoms with Gasteiger partial charge in [0.05, 0.1) is 5.69 Å². The molecule has 3 heteroatoms. The highest BCUT2D eigenvalue weighted by Gasteiger charge is 2.09. The molecule has 0 bridgehead atoms. The Hall–Kier alpha value is -1.09. The molecule has 1 atom stereocenters. The van der Waals surface area contributed by atoms with Crippen molar-refractivity contribution >= 4 is 0 Å². The molecule has 3 nitrogen and oxygen atoms in total. The maximum absolute atomic E-state index is 9.69. The van der Waals surface area contributed by atoms with Crippen LogP contribution < -0.4 is 0 Å². The van der Waals surface area contributed by atoms with Crippen molar-refractivity contribution in [2.75, 3.05) is 13.6 Å². The van der Waals surface area contributed by atoms with Crippen molar-refractivity contribution in [2.45, 2.75) is 33.7 Å². The predicted octanol–water partition coefficient (Wildman–Crippen LogP) is 2.57. The van der Waals surface area contributed by atoms with Gasteiger partial charge in [-0.15, -0.1) is 0 Å². The van der Waals surface area contributed by atoms with Crippen molar-refractivity contribution < 1.29 is 5.11 Å². The molecule has 0 aliphatic rings. The van der Waals surface area contributed by atoms with Crippen LogP contribution in [0.3, 0.4) is 0 Å². The summed E-state index contributed by atoms with van der Waals surface area (Å²) in [5.74, 6) is 0.971. The van der Waals surface area contributed by atoms with E-state index in [-0.39, 0.29) is 0 Å². The molecule has 0 aliphatic carbocycles. The highest BCUT2D eigenvalue weighted by molar-refractivity contribution is 5.27. The second kappa shape index (κ2) is 5.85. The van der Waals surface area contributed by atoms with Crippen LogP contribution in [0.2, 0.25) is 0 Å². The van der Waals surface area contributed by atoms with Crippen molar-refractivity contribution in [1.82, 2.24) is 9.88 Å². The van der Waals surface area contributed by atoms with E-state index in [0.717, 1.165) is 17.9 Å². The quantitative estimate of drug-likeness (QED) is 0.832. The maximum atomic E-state index is 9.69. The van der Waals surface area contributed by atoms with Gasteiger partial charge in [0.25, 0.3) is 0 Å². The number of hydrogen-bond donors (Lipinski definition) is 1. The Morgan fingerprint density at radius 1 is 1.44 bits per heavy atom. The standard InChI is InChI=1S/C13H22N2O/c1-5-10(2)8-15(4)9-12-13(16)7-6-11(3)14-12/h6-7,10,16H,5,8-9H2,1-4H3. The Morgan fingerprint density at radius 2 is 2.12 bits per heavy atom. The molecule has 0 fully saturated rings. The Balaban J connectivity index is 2.61. The zero-order chi connectivity index (χ0) is 12.1. The summed E-state index contributed by atoms with van der Waals surface area (Å²) in [6.45, 7) is 8.11. The molecule has 1 rings (SSSR count). The van der Waals surface area contributed by atoms with Gasteiger partial charge in [-0.3, -0.25) is 4.98 Å². The molecule has 0 spiro atoms. The van der Waals surface area contributed by atoms with Gasteiger partial charge in [0.15, 0.2) is 0 Å². The first kappa shape index (κ1) is 13.0. The number of aromatic nitrogens is 1. The van der Waals surface area contributed by atoms with Gasteiger partial charge in [-0.1, -0.05) is 20.3 Å². The maximum Gasteiger partial charge on any atom is 0.138 e. The van der Waals surface area contributed by atoms with Crippen LogP contribution in [0.4, 0.5) is 0 Å². The molecular formula is C13H22N2O. The molecule has 0 amide bonds. The predicted molar refractivity (Wildman–Crippen MR) is 66.4 cm³/mol. The van der Waals surface area contributed by atoms with Crippen LogP contribution in [0.15, 0.2) is 12.1 Å². The lowest BCUT2D eigenvalue weighted by molar-refractivity contribution is 0.268. The Kier molecular flexibility index (Phi) is 4.74. The number of rotatable bonds is 5. The van der Waals surface area contributed by atoms with Gasteiger partial charge in [0.1, 0.15) is 5.75 Å². The molecule has 1 aromatic rings. The largest absolute Gasteiger partial charge is 0.506 e. The molecule has 16 heavy (non-hydrogen) atoms. The summed E-state index contributed by atoms with van der Waals surface area (Å²) in [5.41, 5.74) is 1.72. The lowest BCUT2D eigenvalue weighted by Gasteiger charge is -2.20. The van der Waals surface area contributed by atoms with Crippen LogP contribution in [0, 0.1) is 12.8 Å². The molecule has 1 unspecified atom stereocenters. The minimum absolute atomic E-state index is 0.293. The second-order valence-electron chi connectivity index (χ2n) is 4.63. The van der Waals surface area contributed by atoms with Crippen LogP contribution >= 0.6 is 0 Å². The smallest absolute Gasteiger partial charge is 0.138 e. The first-order valence-corrected chi connectivity index (χ1v) is 5.87. The van der Waals surface area contributed by atoms with E-state index in [1.807, 2.05) is 13.0 Å². The fourth-order valence-electron chi connectivity index (χ4n) is 1.70. The van der Waals surface area contributed by atoms with Gasteiger partial charge in [-0.25, -0.2) is 0 Å². The van der Waals surface area contributed by atoms with E-state index in [1.165, 1.54) is 6.42 Å². The fraction of sp³-hybridized carbons (Fsp3) is 0.615. The van der Waals surface area contributed by atoms with E-state index in [1.54, 1.807) is 6.07 Å². The highest BCUT2D eigenvalue weighted by atomic mass is 16.3. The van der Waals surface area contributed by atoms with E-state index in [2.05, 4.69) is 30.8 Å². The third kappa shape index (κ3) is 3.81. The highest BCUT2D eigenvalue weighted by Crippen LogP contribution is 2.16. The van der Waals surface area contributed by atoms with Gasteiger partial charge in [-0.05, 0) is 32.0 Å². The van der Waals surface area contributed by atoms with Gasteiger partial charge in [-0.2, -0.15) is 0 Å². The third-order valence-corrected chi connectivity index (χ3v) is 2.83. The van der Waals surface area contributed by atoms with Crippen molar-refractivity contribution in [1.29, 1.82) is 0 Å². The normalized spacial score (nSPS) is 13.1. The van der Waals surface area contributed by atoms with Crippen LogP contribution in [0.25, 0.3) is 0 Å². The number of hydrogen-bond acceptors (Lipinski definition) is 3. The molecule has 0 saturated heterocycles. The molecule has 1 N–H and O–H groups in total. The zero-order valence-electron chi connectivity index (χ0n) is 10.7. The Labute approximate surface area is 98.1 Å². The number of nitrogens with zero attached hydrogens (tertiary/aromatic N) is 2. The summed E-state index contributed by atoms with van der Waals surface area (Å²) in [5, 5.41) is 9.69. The van der Waals surface area contributed by atoms with Crippen molar-refractivity contribution in [3.63, 3.8) is 0 Å². The van der Waals surface area contributed by atoms with E-state index < -0.39 is 0 Å². The number of aromatic hydroxyl groups is 1. The van der Waals surface area contributed by atoms with Crippen molar-refractivity contribution in [3.05, 3.63) is 23.5 Å². The lowest BCUT2D eigenvalue weighted by atomic mass is 10.1.